The molecule has 1 aromatic rings. The van der Waals surface area contributed by atoms with E-state index in [0.717, 1.165) is 30.5 Å². The summed E-state index contributed by atoms with van der Waals surface area (Å²) < 4.78 is 0. The first-order chi connectivity index (χ1) is 7.74. The number of hydrogen-bond donors (Lipinski definition) is 2. The van der Waals surface area contributed by atoms with Gasteiger partial charge in [-0.2, -0.15) is 0 Å². The Hall–Kier alpha value is -1.51. The standard InChI is InChI=1S/C13H20N2O/c1-3-4-5-10-13(16)15-14-12-9-7-6-8-11(12)2/h6-9,14H,3-5,10H2,1-2H3,(H,15,16). The van der Waals surface area contributed by atoms with Crippen LogP contribution in [0.2, 0.25) is 0 Å². The van der Waals surface area contributed by atoms with Gasteiger partial charge in [0, 0.05) is 6.42 Å². The largest absolute Gasteiger partial charge is 0.298 e. The molecule has 0 radical (unpaired) electrons. The van der Waals surface area contributed by atoms with Gasteiger partial charge in [0.2, 0.25) is 5.91 Å². The lowest BCUT2D eigenvalue weighted by molar-refractivity contribution is -0.120. The second-order valence-electron chi connectivity index (χ2n) is 3.95. The predicted molar refractivity (Wildman–Crippen MR) is 67.1 cm³/mol. The van der Waals surface area contributed by atoms with E-state index in [1.807, 2.05) is 31.2 Å². The van der Waals surface area contributed by atoms with Crippen molar-refractivity contribution in [3.8, 4) is 0 Å². The second-order valence-corrected chi connectivity index (χ2v) is 3.95. The van der Waals surface area contributed by atoms with E-state index in [9.17, 15) is 4.79 Å². The van der Waals surface area contributed by atoms with Crippen molar-refractivity contribution >= 4 is 11.6 Å². The number of anilines is 1. The molecule has 0 saturated heterocycles. The van der Waals surface area contributed by atoms with Crippen LogP contribution in [0.1, 0.15) is 38.2 Å². The fourth-order valence-corrected chi connectivity index (χ4v) is 1.45. The van der Waals surface area contributed by atoms with Crippen molar-refractivity contribution in [1.82, 2.24) is 5.43 Å². The molecule has 0 fully saturated rings. The summed E-state index contributed by atoms with van der Waals surface area (Å²) in [5.41, 5.74) is 7.72. The van der Waals surface area contributed by atoms with Crippen LogP contribution in [-0.2, 0) is 4.79 Å². The molecule has 0 aliphatic heterocycles. The Morgan fingerprint density at radius 3 is 2.69 bits per heavy atom. The first-order valence-corrected chi connectivity index (χ1v) is 5.84. The van der Waals surface area contributed by atoms with Crippen LogP contribution < -0.4 is 10.9 Å². The van der Waals surface area contributed by atoms with Gasteiger partial charge in [-0.15, -0.1) is 0 Å². The number of nitrogens with one attached hydrogen (secondary N) is 2. The maximum absolute atomic E-state index is 11.4. The number of hydrazine groups is 1. The quantitative estimate of drug-likeness (QED) is 0.571. The molecule has 1 amide bonds. The topological polar surface area (TPSA) is 41.1 Å². The van der Waals surface area contributed by atoms with Gasteiger partial charge in [0.05, 0.1) is 5.69 Å². The zero-order valence-corrected chi connectivity index (χ0v) is 10.0. The zero-order chi connectivity index (χ0) is 11.8. The van der Waals surface area contributed by atoms with E-state index >= 15 is 0 Å². The Labute approximate surface area is 97.2 Å². The van der Waals surface area contributed by atoms with Gasteiger partial charge in [0.1, 0.15) is 0 Å². The Balaban J connectivity index is 2.29. The van der Waals surface area contributed by atoms with Crippen molar-refractivity contribution in [2.75, 3.05) is 5.43 Å². The van der Waals surface area contributed by atoms with Gasteiger partial charge < -0.3 is 0 Å². The van der Waals surface area contributed by atoms with Crippen molar-refractivity contribution in [2.24, 2.45) is 0 Å². The molecule has 0 unspecified atom stereocenters. The lowest BCUT2D eigenvalue weighted by Gasteiger charge is -2.10. The minimum absolute atomic E-state index is 0.0525. The number of carbonyl (C=O) groups excluding carboxylic acids is 1. The third-order valence-electron chi connectivity index (χ3n) is 2.49. The van der Waals surface area contributed by atoms with Gasteiger partial charge in [-0.25, -0.2) is 0 Å². The van der Waals surface area contributed by atoms with Crippen molar-refractivity contribution < 1.29 is 4.79 Å². The average Bonchev–Trinajstić information content (AvgIpc) is 2.28. The fraction of sp³-hybridized carbons (Fsp3) is 0.462. The number of carbonyl (C=O) groups is 1. The van der Waals surface area contributed by atoms with Gasteiger partial charge in [-0.1, -0.05) is 38.0 Å². The van der Waals surface area contributed by atoms with Crippen molar-refractivity contribution in [3.63, 3.8) is 0 Å². The van der Waals surface area contributed by atoms with Crippen LogP contribution in [-0.4, -0.2) is 5.91 Å². The Kier molecular flexibility index (Phi) is 5.40. The van der Waals surface area contributed by atoms with Gasteiger partial charge in [-0.05, 0) is 25.0 Å². The smallest absolute Gasteiger partial charge is 0.238 e. The van der Waals surface area contributed by atoms with E-state index in [2.05, 4.69) is 17.8 Å². The summed E-state index contributed by atoms with van der Waals surface area (Å²) in [6.07, 6.45) is 3.79. The molecular formula is C13H20N2O. The first-order valence-electron chi connectivity index (χ1n) is 5.84. The maximum Gasteiger partial charge on any atom is 0.238 e. The molecule has 88 valence electrons. The van der Waals surface area contributed by atoms with Crippen LogP contribution >= 0.6 is 0 Å². The number of hydrogen-bond acceptors (Lipinski definition) is 2. The second kappa shape index (κ2) is 6.88. The molecule has 0 heterocycles. The highest BCUT2D eigenvalue weighted by atomic mass is 16.2. The van der Waals surface area contributed by atoms with E-state index in [-0.39, 0.29) is 5.91 Å². The molecule has 3 heteroatoms. The van der Waals surface area contributed by atoms with E-state index in [1.165, 1.54) is 0 Å². The minimum atomic E-state index is 0.0525. The normalized spacial score (nSPS) is 9.88. The molecule has 3 nitrogen and oxygen atoms in total. The van der Waals surface area contributed by atoms with Crippen molar-refractivity contribution in [1.29, 1.82) is 0 Å². The highest BCUT2D eigenvalue weighted by Gasteiger charge is 2.00. The molecule has 0 aromatic heterocycles. The monoisotopic (exact) mass is 220 g/mol. The van der Waals surface area contributed by atoms with Crippen LogP contribution in [0.3, 0.4) is 0 Å². The average molecular weight is 220 g/mol. The number of rotatable bonds is 6. The molecule has 1 rings (SSSR count). The lowest BCUT2D eigenvalue weighted by Crippen LogP contribution is -2.29. The van der Waals surface area contributed by atoms with Gasteiger partial charge in [0.25, 0.3) is 0 Å². The Morgan fingerprint density at radius 1 is 1.25 bits per heavy atom. The van der Waals surface area contributed by atoms with E-state index < -0.39 is 0 Å². The van der Waals surface area contributed by atoms with Crippen LogP contribution in [0.5, 0.6) is 0 Å². The molecule has 0 aliphatic rings. The highest BCUT2D eigenvalue weighted by molar-refractivity contribution is 5.77. The molecule has 2 N–H and O–H groups in total. The highest BCUT2D eigenvalue weighted by Crippen LogP contribution is 2.11. The van der Waals surface area contributed by atoms with E-state index in [0.29, 0.717) is 6.42 Å². The third kappa shape index (κ3) is 4.34. The molecule has 0 saturated carbocycles. The summed E-state index contributed by atoms with van der Waals surface area (Å²) in [7, 11) is 0. The first kappa shape index (κ1) is 12.6. The summed E-state index contributed by atoms with van der Waals surface area (Å²) in [6.45, 7) is 4.13. The fourth-order valence-electron chi connectivity index (χ4n) is 1.45. The van der Waals surface area contributed by atoms with Crippen molar-refractivity contribution in [3.05, 3.63) is 29.8 Å². The third-order valence-corrected chi connectivity index (χ3v) is 2.49. The van der Waals surface area contributed by atoms with Gasteiger partial charge in [0.15, 0.2) is 0 Å². The van der Waals surface area contributed by atoms with E-state index in [4.69, 9.17) is 0 Å². The summed E-state index contributed by atoms with van der Waals surface area (Å²) in [6, 6.07) is 7.87. The SMILES string of the molecule is CCCCCC(=O)NNc1ccccc1C. The minimum Gasteiger partial charge on any atom is -0.298 e. The number of amides is 1. The molecule has 16 heavy (non-hydrogen) atoms. The van der Waals surface area contributed by atoms with Gasteiger partial charge in [-0.3, -0.25) is 15.6 Å². The van der Waals surface area contributed by atoms with E-state index in [1.54, 1.807) is 0 Å². The number of unbranched alkanes of at least 4 members (excludes halogenated alkanes) is 2. The molecule has 1 aromatic carbocycles. The number of benzene rings is 1. The molecule has 0 bridgehead atoms. The molecular weight excluding hydrogens is 200 g/mol. The summed E-state index contributed by atoms with van der Waals surface area (Å²) in [5.74, 6) is 0.0525. The van der Waals surface area contributed by atoms with Gasteiger partial charge >= 0.3 is 0 Å². The molecule has 0 aliphatic carbocycles. The summed E-state index contributed by atoms with van der Waals surface area (Å²) in [4.78, 5) is 11.4. The Bertz CT molecular complexity index is 336. The Morgan fingerprint density at radius 2 is 2.00 bits per heavy atom. The maximum atomic E-state index is 11.4. The van der Waals surface area contributed by atoms with Crippen LogP contribution in [0.15, 0.2) is 24.3 Å². The number of para-hydroxylation sites is 1. The number of aryl methyl sites for hydroxylation is 1. The van der Waals surface area contributed by atoms with Crippen molar-refractivity contribution in [2.45, 2.75) is 39.5 Å². The lowest BCUT2D eigenvalue weighted by atomic mass is 10.2. The van der Waals surface area contributed by atoms with Crippen LogP contribution in [0, 0.1) is 6.92 Å². The summed E-state index contributed by atoms with van der Waals surface area (Å²) >= 11 is 0. The molecule has 0 spiro atoms. The van der Waals surface area contributed by atoms with Crippen LogP contribution in [0.25, 0.3) is 0 Å². The van der Waals surface area contributed by atoms with Crippen LogP contribution in [0.4, 0.5) is 5.69 Å². The predicted octanol–water partition coefficient (Wildman–Crippen LogP) is 3.02. The zero-order valence-electron chi connectivity index (χ0n) is 10.0. The molecule has 0 atom stereocenters. The summed E-state index contributed by atoms with van der Waals surface area (Å²) in [5, 5.41) is 0.